The first-order valence-electron chi connectivity index (χ1n) is 9.16. The molecule has 7 nitrogen and oxygen atoms in total. The number of halogens is 1. The number of rotatable bonds is 7. The molecule has 162 valence electrons. The summed E-state index contributed by atoms with van der Waals surface area (Å²) >= 11 is 6.10. The molecule has 0 aliphatic carbocycles. The number of methoxy groups -OCH3 is 1. The Balaban J connectivity index is 1.94. The third-order valence-electron chi connectivity index (χ3n) is 4.35. The highest BCUT2D eigenvalue weighted by Crippen LogP contribution is 2.33. The number of nitrogens with zero attached hydrogens (tertiary/aromatic N) is 1. The van der Waals surface area contributed by atoms with Gasteiger partial charge in [-0.3, -0.25) is 4.79 Å². The minimum Gasteiger partial charge on any atom is -0.495 e. The molecule has 0 saturated heterocycles. The molecule has 3 rings (SSSR count). The van der Waals surface area contributed by atoms with E-state index < -0.39 is 15.9 Å². The molecular formula is C22H21ClN2O5S. The maximum absolute atomic E-state index is 12.9. The van der Waals surface area contributed by atoms with Crippen LogP contribution in [0.2, 0.25) is 5.02 Å². The molecule has 0 aromatic heterocycles. The SMILES string of the molecule is COc1ccc(C(=O)Nc2cc(Cl)ccc2Oc2ccccc2)cc1S(=O)(=O)N(C)C. The summed E-state index contributed by atoms with van der Waals surface area (Å²) in [5.74, 6) is 0.585. The zero-order valence-electron chi connectivity index (χ0n) is 17.1. The second-order valence-electron chi connectivity index (χ2n) is 6.66. The van der Waals surface area contributed by atoms with Crippen molar-refractivity contribution in [3.8, 4) is 17.2 Å². The number of carbonyl (C=O) groups excluding carboxylic acids is 1. The largest absolute Gasteiger partial charge is 0.495 e. The molecule has 0 aliphatic heterocycles. The van der Waals surface area contributed by atoms with Gasteiger partial charge in [-0.05, 0) is 48.5 Å². The Morgan fingerprint density at radius 2 is 1.65 bits per heavy atom. The van der Waals surface area contributed by atoms with Gasteiger partial charge < -0.3 is 14.8 Å². The van der Waals surface area contributed by atoms with Crippen LogP contribution in [0.1, 0.15) is 10.4 Å². The fourth-order valence-electron chi connectivity index (χ4n) is 2.72. The molecule has 0 unspecified atom stereocenters. The average Bonchev–Trinajstić information content (AvgIpc) is 2.75. The van der Waals surface area contributed by atoms with Crippen molar-refractivity contribution >= 4 is 33.2 Å². The molecule has 0 heterocycles. The molecule has 3 aromatic rings. The van der Waals surface area contributed by atoms with Crippen LogP contribution < -0.4 is 14.8 Å². The first-order valence-corrected chi connectivity index (χ1v) is 11.0. The van der Waals surface area contributed by atoms with Crippen molar-refractivity contribution < 1.29 is 22.7 Å². The van der Waals surface area contributed by atoms with Gasteiger partial charge in [0.1, 0.15) is 16.4 Å². The summed E-state index contributed by atoms with van der Waals surface area (Å²) in [6, 6.07) is 18.1. The Morgan fingerprint density at radius 1 is 0.968 bits per heavy atom. The Morgan fingerprint density at radius 3 is 2.29 bits per heavy atom. The number of carbonyl (C=O) groups is 1. The topological polar surface area (TPSA) is 84.9 Å². The van der Waals surface area contributed by atoms with Crippen LogP contribution in [0.3, 0.4) is 0 Å². The number of sulfonamides is 1. The average molecular weight is 461 g/mol. The number of ether oxygens (including phenoxy) is 2. The normalized spacial score (nSPS) is 11.3. The van der Waals surface area contributed by atoms with Crippen LogP contribution in [0.25, 0.3) is 0 Å². The molecule has 0 fully saturated rings. The zero-order valence-corrected chi connectivity index (χ0v) is 18.7. The summed E-state index contributed by atoms with van der Waals surface area (Å²) in [5.41, 5.74) is 0.473. The number of anilines is 1. The Bertz CT molecular complexity index is 1200. The van der Waals surface area contributed by atoms with E-state index in [0.29, 0.717) is 22.2 Å². The van der Waals surface area contributed by atoms with Crippen LogP contribution in [0, 0.1) is 0 Å². The molecule has 0 spiro atoms. The van der Waals surface area contributed by atoms with Gasteiger partial charge in [-0.15, -0.1) is 0 Å². The van der Waals surface area contributed by atoms with Gasteiger partial charge in [-0.25, -0.2) is 12.7 Å². The third-order valence-corrected chi connectivity index (χ3v) is 6.42. The van der Waals surface area contributed by atoms with Gasteiger partial charge in [-0.1, -0.05) is 29.8 Å². The summed E-state index contributed by atoms with van der Waals surface area (Å²) in [6.07, 6.45) is 0. The van der Waals surface area contributed by atoms with E-state index in [1.54, 1.807) is 30.3 Å². The van der Waals surface area contributed by atoms with E-state index in [0.717, 1.165) is 4.31 Å². The van der Waals surface area contributed by atoms with Gasteiger partial charge in [-0.2, -0.15) is 0 Å². The molecule has 0 bridgehead atoms. The zero-order chi connectivity index (χ0) is 22.6. The van der Waals surface area contributed by atoms with Gasteiger partial charge in [0.2, 0.25) is 10.0 Å². The minimum atomic E-state index is -3.82. The van der Waals surface area contributed by atoms with Crippen molar-refractivity contribution in [1.82, 2.24) is 4.31 Å². The lowest BCUT2D eigenvalue weighted by Gasteiger charge is -2.16. The van der Waals surface area contributed by atoms with E-state index >= 15 is 0 Å². The van der Waals surface area contributed by atoms with E-state index in [4.69, 9.17) is 21.1 Å². The molecular weight excluding hydrogens is 440 g/mol. The lowest BCUT2D eigenvalue weighted by atomic mass is 10.2. The molecule has 1 amide bonds. The van der Waals surface area contributed by atoms with Gasteiger partial charge in [0.25, 0.3) is 5.91 Å². The van der Waals surface area contributed by atoms with E-state index in [1.807, 2.05) is 18.2 Å². The quantitative estimate of drug-likeness (QED) is 0.555. The summed E-state index contributed by atoms with van der Waals surface area (Å²) in [6.45, 7) is 0. The van der Waals surface area contributed by atoms with Gasteiger partial charge in [0.05, 0.1) is 12.8 Å². The lowest BCUT2D eigenvalue weighted by Crippen LogP contribution is -2.23. The Labute approximate surface area is 186 Å². The van der Waals surface area contributed by atoms with Crippen molar-refractivity contribution in [2.45, 2.75) is 4.90 Å². The summed E-state index contributed by atoms with van der Waals surface area (Å²) in [4.78, 5) is 12.8. The summed E-state index contributed by atoms with van der Waals surface area (Å²) in [5, 5.41) is 3.14. The number of hydrogen-bond donors (Lipinski definition) is 1. The molecule has 0 aliphatic rings. The standard InChI is InChI=1S/C22H21ClN2O5S/c1-25(2)31(27,28)21-13-15(9-11-20(21)29-3)22(26)24-18-14-16(23)10-12-19(18)30-17-7-5-4-6-8-17/h4-14H,1-3H3,(H,24,26). The van der Waals surface area contributed by atoms with Crippen molar-refractivity contribution in [3.05, 3.63) is 77.3 Å². The van der Waals surface area contributed by atoms with Crippen LogP contribution in [0.15, 0.2) is 71.6 Å². The minimum absolute atomic E-state index is 0.112. The molecule has 0 atom stereocenters. The van der Waals surface area contributed by atoms with Crippen LogP contribution in [0.4, 0.5) is 5.69 Å². The molecule has 0 radical (unpaired) electrons. The second-order valence-corrected chi connectivity index (χ2v) is 9.22. The molecule has 31 heavy (non-hydrogen) atoms. The van der Waals surface area contributed by atoms with Crippen molar-refractivity contribution in [1.29, 1.82) is 0 Å². The van der Waals surface area contributed by atoms with Gasteiger partial charge in [0, 0.05) is 24.7 Å². The fraction of sp³-hybridized carbons (Fsp3) is 0.136. The number of amides is 1. The first-order chi connectivity index (χ1) is 14.7. The van der Waals surface area contributed by atoms with Crippen molar-refractivity contribution in [2.24, 2.45) is 0 Å². The Kier molecular flexibility index (Phi) is 6.84. The fourth-order valence-corrected chi connectivity index (χ4v) is 3.96. The van der Waals surface area contributed by atoms with Crippen LogP contribution in [-0.2, 0) is 10.0 Å². The highest BCUT2D eigenvalue weighted by Gasteiger charge is 2.24. The van der Waals surface area contributed by atoms with E-state index in [9.17, 15) is 13.2 Å². The highest BCUT2D eigenvalue weighted by molar-refractivity contribution is 7.89. The molecule has 3 aromatic carbocycles. The highest BCUT2D eigenvalue weighted by atomic mass is 35.5. The van der Waals surface area contributed by atoms with Gasteiger partial charge in [0.15, 0.2) is 5.75 Å². The molecule has 9 heteroatoms. The molecule has 0 saturated carbocycles. The van der Waals surface area contributed by atoms with Crippen molar-refractivity contribution in [3.63, 3.8) is 0 Å². The summed E-state index contributed by atoms with van der Waals surface area (Å²) in [7, 11) is 0.349. The summed E-state index contributed by atoms with van der Waals surface area (Å²) < 4.78 is 37.3. The van der Waals surface area contributed by atoms with Crippen LogP contribution in [0.5, 0.6) is 17.2 Å². The maximum atomic E-state index is 12.9. The lowest BCUT2D eigenvalue weighted by molar-refractivity contribution is 0.102. The van der Waals surface area contributed by atoms with Crippen molar-refractivity contribution in [2.75, 3.05) is 26.5 Å². The number of para-hydroxylation sites is 1. The smallest absolute Gasteiger partial charge is 0.255 e. The predicted molar refractivity (Wildman–Crippen MR) is 120 cm³/mol. The van der Waals surface area contributed by atoms with E-state index in [-0.39, 0.29) is 16.2 Å². The van der Waals surface area contributed by atoms with E-state index in [1.165, 1.54) is 39.4 Å². The van der Waals surface area contributed by atoms with Crippen LogP contribution >= 0.6 is 11.6 Å². The number of benzene rings is 3. The third kappa shape index (κ3) is 5.16. The first kappa shape index (κ1) is 22.6. The Hall–Kier alpha value is -3.07. The monoisotopic (exact) mass is 460 g/mol. The number of nitrogens with one attached hydrogen (secondary N) is 1. The van der Waals surface area contributed by atoms with E-state index in [2.05, 4.69) is 5.32 Å². The maximum Gasteiger partial charge on any atom is 0.255 e. The van der Waals surface area contributed by atoms with Crippen LogP contribution in [-0.4, -0.2) is 39.8 Å². The molecule has 1 N–H and O–H groups in total. The van der Waals surface area contributed by atoms with Gasteiger partial charge >= 0.3 is 0 Å². The second kappa shape index (κ2) is 9.38. The number of hydrogen-bond acceptors (Lipinski definition) is 5. The predicted octanol–water partition coefficient (Wildman–Crippen LogP) is 4.64.